The zero-order valence-corrected chi connectivity index (χ0v) is 10.0. The third kappa shape index (κ3) is 3.24. The van der Waals surface area contributed by atoms with Gasteiger partial charge in [0.2, 0.25) is 0 Å². The SMILES string of the molecule is Cc1ccccc1OCCNC1CCCC1. The minimum Gasteiger partial charge on any atom is -0.492 e. The first-order valence-corrected chi connectivity index (χ1v) is 6.28. The number of rotatable bonds is 5. The second kappa shape index (κ2) is 5.90. The Morgan fingerprint density at radius 1 is 1.25 bits per heavy atom. The summed E-state index contributed by atoms with van der Waals surface area (Å²) in [6, 6.07) is 8.91. The summed E-state index contributed by atoms with van der Waals surface area (Å²) in [4.78, 5) is 0. The molecule has 0 aromatic heterocycles. The van der Waals surface area contributed by atoms with Crippen LogP contribution in [0, 0.1) is 6.92 Å². The molecular weight excluding hydrogens is 198 g/mol. The predicted molar refractivity (Wildman–Crippen MR) is 66.9 cm³/mol. The maximum absolute atomic E-state index is 5.73. The summed E-state index contributed by atoms with van der Waals surface area (Å²) >= 11 is 0. The standard InChI is InChI=1S/C14H21NO/c1-12-6-2-5-9-14(12)16-11-10-15-13-7-3-4-8-13/h2,5-6,9,13,15H,3-4,7-8,10-11H2,1H3. The Morgan fingerprint density at radius 2 is 2.00 bits per heavy atom. The highest BCUT2D eigenvalue weighted by Crippen LogP contribution is 2.18. The monoisotopic (exact) mass is 219 g/mol. The van der Waals surface area contributed by atoms with Crippen LogP contribution in [0.15, 0.2) is 24.3 Å². The van der Waals surface area contributed by atoms with Gasteiger partial charge in [0.25, 0.3) is 0 Å². The van der Waals surface area contributed by atoms with Crippen LogP contribution < -0.4 is 10.1 Å². The Hall–Kier alpha value is -1.02. The number of aryl methyl sites for hydroxylation is 1. The van der Waals surface area contributed by atoms with Crippen LogP contribution in [-0.4, -0.2) is 19.2 Å². The first-order chi connectivity index (χ1) is 7.86. The van der Waals surface area contributed by atoms with Crippen molar-refractivity contribution in [3.8, 4) is 5.75 Å². The van der Waals surface area contributed by atoms with Crippen LogP contribution in [0.25, 0.3) is 0 Å². The fourth-order valence-corrected chi connectivity index (χ4v) is 2.27. The second-order valence-corrected chi connectivity index (χ2v) is 4.55. The number of para-hydroxylation sites is 1. The summed E-state index contributed by atoms with van der Waals surface area (Å²) < 4.78 is 5.73. The molecule has 2 heteroatoms. The van der Waals surface area contributed by atoms with Gasteiger partial charge in [-0.25, -0.2) is 0 Å². The molecule has 88 valence electrons. The summed E-state index contributed by atoms with van der Waals surface area (Å²) in [5.41, 5.74) is 1.21. The molecule has 1 fully saturated rings. The average Bonchev–Trinajstić information content (AvgIpc) is 2.79. The lowest BCUT2D eigenvalue weighted by molar-refractivity contribution is 0.303. The summed E-state index contributed by atoms with van der Waals surface area (Å²) in [6.45, 7) is 3.81. The molecule has 1 aliphatic rings. The van der Waals surface area contributed by atoms with Gasteiger partial charge in [-0.2, -0.15) is 0 Å². The molecule has 0 bridgehead atoms. The molecule has 2 rings (SSSR count). The van der Waals surface area contributed by atoms with Gasteiger partial charge in [-0.1, -0.05) is 31.0 Å². The number of nitrogens with one attached hydrogen (secondary N) is 1. The third-order valence-electron chi connectivity index (χ3n) is 3.24. The van der Waals surface area contributed by atoms with Crippen molar-refractivity contribution in [1.29, 1.82) is 0 Å². The van der Waals surface area contributed by atoms with Crippen LogP contribution in [0.5, 0.6) is 5.75 Å². The van der Waals surface area contributed by atoms with Crippen molar-refractivity contribution in [2.24, 2.45) is 0 Å². The molecule has 2 nitrogen and oxygen atoms in total. The highest BCUT2D eigenvalue weighted by molar-refractivity contribution is 5.31. The van der Waals surface area contributed by atoms with Crippen LogP contribution in [0.1, 0.15) is 31.2 Å². The molecule has 1 aromatic rings. The third-order valence-corrected chi connectivity index (χ3v) is 3.24. The number of hydrogen-bond acceptors (Lipinski definition) is 2. The Balaban J connectivity index is 1.66. The first kappa shape index (κ1) is 11.5. The molecule has 16 heavy (non-hydrogen) atoms. The van der Waals surface area contributed by atoms with Gasteiger partial charge in [-0.3, -0.25) is 0 Å². The van der Waals surface area contributed by atoms with Crippen molar-refractivity contribution in [2.45, 2.75) is 38.6 Å². The molecule has 0 saturated heterocycles. The number of ether oxygens (including phenoxy) is 1. The molecule has 0 radical (unpaired) electrons. The second-order valence-electron chi connectivity index (χ2n) is 4.55. The van der Waals surface area contributed by atoms with Gasteiger partial charge in [0.1, 0.15) is 12.4 Å². The predicted octanol–water partition coefficient (Wildman–Crippen LogP) is 2.91. The van der Waals surface area contributed by atoms with Crippen LogP contribution in [-0.2, 0) is 0 Å². The van der Waals surface area contributed by atoms with Crippen molar-refractivity contribution >= 4 is 0 Å². The molecule has 0 unspecified atom stereocenters. The van der Waals surface area contributed by atoms with Gasteiger partial charge in [0.05, 0.1) is 0 Å². The van der Waals surface area contributed by atoms with Crippen LogP contribution in [0.3, 0.4) is 0 Å². The topological polar surface area (TPSA) is 21.3 Å². The van der Waals surface area contributed by atoms with Gasteiger partial charge in [0, 0.05) is 12.6 Å². The van der Waals surface area contributed by atoms with E-state index in [9.17, 15) is 0 Å². The molecule has 0 atom stereocenters. The molecule has 1 saturated carbocycles. The summed E-state index contributed by atoms with van der Waals surface area (Å²) in [7, 11) is 0. The van der Waals surface area contributed by atoms with E-state index < -0.39 is 0 Å². The Bertz CT molecular complexity index is 318. The van der Waals surface area contributed by atoms with Gasteiger partial charge >= 0.3 is 0 Å². The van der Waals surface area contributed by atoms with Crippen molar-refractivity contribution in [1.82, 2.24) is 5.32 Å². The summed E-state index contributed by atoms with van der Waals surface area (Å²) in [5.74, 6) is 1.01. The van der Waals surface area contributed by atoms with E-state index in [2.05, 4.69) is 18.3 Å². The van der Waals surface area contributed by atoms with Crippen molar-refractivity contribution < 1.29 is 4.74 Å². The van der Waals surface area contributed by atoms with Gasteiger partial charge in [-0.15, -0.1) is 0 Å². The molecular formula is C14H21NO. The van der Waals surface area contributed by atoms with Crippen molar-refractivity contribution in [3.05, 3.63) is 29.8 Å². The number of hydrogen-bond donors (Lipinski definition) is 1. The van der Waals surface area contributed by atoms with Gasteiger partial charge in [-0.05, 0) is 31.4 Å². The fourth-order valence-electron chi connectivity index (χ4n) is 2.27. The van der Waals surface area contributed by atoms with E-state index in [1.54, 1.807) is 0 Å². The van der Waals surface area contributed by atoms with Crippen molar-refractivity contribution in [2.75, 3.05) is 13.2 Å². The quantitative estimate of drug-likeness (QED) is 0.769. The fraction of sp³-hybridized carbons (Fsp3) is 0.571. The molecule has 0 amide bonds. The average molecular weight is 219 g/mol. The van der Waals surface area contributed by atoms with Crippen LogP contribution in [0.4, 0.5) is 0 Å². The Labute approximate surface area is 98.0 Å². The molecule has 1 aliphatic carbocycles. The lowest BCUT2D eigenvalue weighted by Gasteiger charge is -2.13. The zero-order chi connectivity index (χ0) is 11.2. The Morgan fingerprint density at radius 3 is 2.75 bits per heavy atom. The summed E-state index contributed by atoms with van der Waals surface area (Å²) in [6.07, 6.45) is 5.45. The largest absolute Gasteiger partial charge is 0.492 e. The minimum atomic E-state index is 0.737. The highest BCUT2D eigenvalue weighted by atomic mass is 16.5. The van der Waals surface area contributed by atoms with E-state index >= 15 is 0 Å². The molecule has 1 aromatic carbocycles. The van der Waals surface area contributed by atoms with E-state index in [1.165, 1.54) is 31.2 Å². The first-order valence-electron chi connectivity index (χ1n) is 6.28. The highest BCUT2D eigenvalue weighted by Gasteiger charge is 2.13. The number of benzene rings is 1. The van der Waals surface area contributed by atoms with E-state index in [4.69, 9.17) is 4.74 Å². The minimum absolute atomic E-state index is 0.737. The van der Waals surface area contributed by atoms with Crippen LogP contribution >= 0.6 is 0 Å². The normalized spacial score (nSPS) is 16.6. The maximum Gasteiger partial charge on any atom is 0.122 e. The Kier molecular flexibility index (Phi) is 4.23. The van der Waals surface area contributed by atoms with Crippen LogP contribution in [0.2, 0.25) is 0 Å². The smallest absolute Gasteiger partial charge is 0.122 e. The molecule has 1 N–H and O–H groups in total. The van der Waals surface area contributed by atoms with Gasteiger partial charge < -0.3 is 10.1 Å². The van der Waals surface area contributed by atoms with E-state index in [-0.39, 0.29) is 0 Å². The van der Waals surface area contributed by atoms with E-state index in [0.29, 0.717) is 0 Å². The van der Waals surface area contributed by atoms with Crippen molar-refractivity contribution in [3.63, 3.8) is 0 Å². The van der Waals surface area contributed by atoms with E-state index in [1.807, 2.05) is 18.2 Å². The molecule has 0 spiro atoms. The summed E-state index contributed by atoms with van der Waals surface area (Å²) in [5, 5.41) is 3.55. The lowest BCUT2D eigenvalue weighted by Crippen LogP contribution is -2.30. The molecule has 0 aliphatic heterocycles. The maximum atomic E-state index is 5.73. The lowest BCUT2D eigenvalue weighted by atomic mass is 10.2. The van der Waals surface area contributed by atoms with Gasteiger partial charge in [0.15, 0.2) is 0 Å². The molecule has 0 heterocycles. The zero-order valence-electron chi connectivity index (χ0n) is 10.0. The van der Waals surface area contributed by atoms with E-state index in [0.717, 1.165) is 24.9 Å².